The molecule has 1 rings (SSSR count). The highest BCUT2D eigenvalue weighted by Gasteiger charge is 2.43. The minimum atomic E-state index is -1.84. The summed E-state index contributed by atoms with van der Waals surface area (Å²) < 4.78 is 15.0. The largest absolute Gasteiger partial charge is 0.413 e. The molecule has 138 valence electrons. The van der Waals surface area contributed by atoms with Gasteiger partial charge in [0.2, 0.25) is 0 Å². The van der Waals surface area contributed by atoms with Crippen LogP contribution in [0.5, 0.6) is 0 Å². The van der Waals surface area contributed by atoms with Crippen LogP contribution in [-0.2, 0) is 14.0 Å². The fraction of sp³-hybridized carbons (Fsp3) is 0.737. The number of carbonyl (C=O) groups excluding carboxylic acids is 1. The van der Waals surface area contributed by atoms with Gasteiger partial charge in [0, 0.05) is 5.92 Å². The van der Waals surface area contributed by atoms with Gasteiger partial charge in [0.25, 0.3) is 0 Å². The molecule has 0 N–H and O–H groups in total. The first kappa shape index (κ1) is 22.1. The molecule has 0 amide bonds. The van der Waals surface area contributed by atoms with E-state index in [1.54, 1.807) is 0 Å². The molecule has 0 spiro atoms. The Labute approximate surface area is 162 Å². The summed E-state index contributed by atoms with van der Waals surface area (Å²) in [5.74, 6) is 0.244. The topological polar surface area (TPSA) is 35.5 Å². The van der Waals surface area contributed by atoms with E-state index in [1.165, 1.54) is 0 Å². The minimum Gasteiger partial charge on any atom is -0.413 e. The quantitative estimate of drug-likeness (QED) is 0.220. The van der Waals surface area contributed by atoms with E-state index >= 15 is 0 Å². The average molecular weight is 464 g/mol. The first-order chi connectivity index (χ1) is 11.0. The maximum atomic E-state index is 11.0. The molecule has 0 unspecified atom stereocenters. The van der Waals surface area contributed by atoms with Crippen molar-refractivity contribution in [2.24, 2.45) is 5.92 Å². The zero-order valence-corrected chi connectivity index (χ0v) is 19.3. The number of carbonyl (C=O) groups is 1. The van der Waals surface area contributed by atoms with Crippen molar-refractivity contribution in [3.63, 3.8) is 0 Å². The molecule has 24 heavy (non-hydrogen) atoms. The fourth-order valence-corrected chi connectivity index (χ4v) is 4.36. The number of allylic oxidation sites excluding steroid dienone is 1. The molecule has 0 aromatic carbocycles. The van der Waals surface area contributed by atoms with Crippen LogP contribution in [0.25, 0.3) is 0 Å². The summed E-state index contributed by atoms with van der Waals surface area (Å²) in [5.41, 5.74) is 0.725. The summed E-state index contributed by atoms with van der Waals surface area (Å²) in [6, 6.07) is 0. The first-order valence-corrected chi connectivity index (χ1v) is 12.9. The van der Waals surface area contributed by atoms with Gasteiger partial charge >= 0.3 is 0 Å². The first-order valence-electron chi connectivity index (χ1n) is 8.74. The van der Waals surface area contributed by atoms with Gasteiger partial charge in [-0.15, -0.1) is 0 Å². The van der Waals surface area contributed by atoms with E-state index < -0.39 is 8.32 Å². The second-order valence-corrected chi connectivity index (χ2v) is 13.8. The van der Waals surface area contributed by atoms with Gasteiger partial charge in [0.05, 0.1) is 18.3 Å². The molecule has 0 saturated carbocycles. The van der Waals surface area contributed by atoms with Gasteiger partial charge < -0.3 is 9.16 Å². The van der Waals surface area contributed by atoms with Crippen LogP contribution in [0.15, 0.2) is 21.8 Å². The number of ether oxygens (including phenoxy) is 1. The highest BCUT2D eigenvalue weighted by molar-refractivity contribution is 14.1. The van der Waals surface area contributed by atoms with Gasteiger partial charge in [-0.1, -0.05) is 56.4 Å². The summed E-state index contributed by atoms with van der Waals surface area (Å²) in [6.45, 7) is 15.4. The molecule has 4 atom stereocenters. The number of hydrogen-bond acceptors (Lipinski definition) is 3. The Morgan fingerprint density at radius 2 is 2.00 bits per heavy atom. The van der Waals surface area contributed by atoms with Crippen LogP contribution in [0, 0.1) is 5.92 Å². The smallest absolute Gasteiger partial charge is 0.192 e. The zero-order valence-electron chi connectivity index (χ0n) is 16.1. The van der Waals surface area contributed by atoms with E-state index in [2.05, 4.69) is 69.5 Å². The maximum absolute atomic E-state index is 11.0. The van der Waals surface area contributed by atoms with Crippen LogP contribution >= 0.6 is 22.6 Å². The molecule has 3 nitrogen and oxygen atoms in total. The predicted octanol–water partition coefficient (Wildman–Crippen LogP) is 5.65. The van der Waals surface area contributed by atoms with Crippen LogP contribution in [0.4, 0.5) is 0 Å². The number of rotatable bonds is 6. The van der Waals surface area contributed by atoms with Crippen LogP contribution in [-0.4, -0.2) is 32.9 Å². The van der Waals surface area contributed by atoms with Crippen molar-refractivity contribution in [3.8, 4) is 0 Å². The van der Waals surface area contributed by atoms with Gasteiger partial charge in [-0.3, -0.25) is 4.79 Å². The molecule has 0 radical (unpaired) electrons. The summed E-state index contributed by atoms with van der Waals surface area (Å²) >= 11 is 2.24. The van der Waals surface area contributed by atoms with Gasteiger partial charge in [-0.05, 0) is 53.6 Å². The molecule has 0 aromatic rings. The molecule has 1 aliphatic heterocycles. The van der Waals surface area contributed by atoms with E-state index in [-0.39, 0.29) is 29.3 Å². The van der Waals surface area contributed by atoms with Crippen molar-refractivity contribution in [1.82, 2.24) is 0 Å². The number of aldehydes is 1. The lowest BCUT2D eigenvalue weighted by Gasteiger charge is -2.46. The van der Waals surface area contributed by atoms with Gasteiger partial charge in [-0.2, -0.15) is 0 Å². The maximum Gasteiger partial charge on any atom is 0.192 e. The molecular formula is C19H33IO3Si. The Morgan fingerprint density at radius 3 is 2.50 bits per heavy atom. The van der Waals surface area contributed by atoms with E-state index in [9.17, 15) is 4.79 Å². The zero-order chi connectivity index (χ0) is 18.5. The Morgan fingerprint density at radius 1 is 1.38 bits per heavy atom. The van der Waals surface area contributed by atoms with Gasteiger partial charge in [0.1, 0.15) is 6.29 Å². The molecule has 1 fully saturated rings. The van der Waals surface area contributed by atoms with Crippen molar-refractivity contribution in [2.45, 2.75) is 83.9 Å². The Kier molecular flexibility index (Phi) is 8.36. The average Bonchev–Trinajstić information content (AvgIpc) is 2.47. The van der Waals surface area contributed by atoms with Crippen LogP contribution in [0.3, 0.4) is 0 Å². The summed E-state index contributed by atoms with van der Waals surface area (Å²) in [5, 5.41) is 0.187. The van der Waals surface area contributed by atoms with Gasteiger partial charge in [0.15, 0.2) is 8.32 Å². The molecule has 5 heteroatoms. The summed E-state index contributed by atoms with van der Waals surface area (Å²) in [4.78, 5) is 11.0. The predicted molar refractivity (Wildman–Crippen MR) is 112 cm³/mol. The number of hydrogen-bond donors (Lipinski definition) is 0. The molecule has 0 aliphatic carbocycles. The SMILES string of the molecule is C/C(C=O)=C/[C@@H]1O[C@H](C/C=C/I)C[C@@H](O[Si](C)(C)C(C)(C)C)[C@@H]1C. The highest BCUT2D eigenvalue weighted by Crippen LogP contribution is 2.41. The molecular weight excluding hydrogens is 431 g/mol. The third-order valence-corrected chi connectivity index (χ3v) is 10.3. The third-order valence-electron chi connectivity index (χ3n) is 5.30. The summed E-state index contributed by atoms with van der Waals surface area (Å²) in [7, 11) is -1.84. The van der Waals surface area contributed by atoms with E-state index in [0.717, 1.165) is 24.7 Å². The van der Waals surface area contributed by atoms with E-state index in [4.69, 9.17) is 9.16 Å². The lowest BCUT2D eigenvalue weighted by molar-refractivity contribution is -0.108. The third kappa shape index (κ3) is 6.07. The second kappa shape index (κ2) is 9.10. The van der Waals surface area contributed by atoms with Crippen molar-refractivity contribution in [3.05, 3.63) is 21.8 Å². The fourth-order valence-electron chi connectivity index (χ4n) is 2.64. The second-order valence-electron chi connectivity index (χ2n) is 8.36. The number of halogens is 1. The van der Waals surface area contributed by atoms with Crippen molar-refractivity contribution in [2.75, 3.05) is 0 Å². The molecule has 1 heterocycles. The van der Waals surface area contributed by atoms with E-state index in [1.807, 2.05) is 17.1 Å². The molecule has 0 bridgehead atoms. The van der Waals surface area contributed by atoms with Gasteiger partial charge in [-0.25, -0.2) is 0 Å². The molecule has 1 saturated heterocycles. The Hall–Kier alpha value is 0.0169. The van der Waals surface area contributed by atoms with Crippen LogP contribution in [0.1, 0.15) is 47.5 Å². The Bertz CT molecular complexity index is 479. The lowest BCUT2D eigenvalue weighted by atomic mass is 9.88. The van der Waals surface area contributed by atoms with Crippen molar-refractivity contribution < 1.29 is 14.0 Å². The standard InChI is InChI=1S/C19H33IO3Si/c1-14(13-21)11-17-15(2)18(12-16(22-17)9-8-10-20)23-24(6,7)19(3,4)5/h8,10-11,13,15-18H,9,12H2,1-7H3/b10-8+,14-11-/t15-,16-,17+,18-/m1/s1. The van der Waals surface area contributed by atoms with Crippen LogP contribution < -0.4 is 0 Å². The van der Waals surface area contributed by atoms with E-state index in [0.29, 0.717) is 0 Å². The van der Waals surface area contributed by atoms with Crippen molar-refractivity contribution >= 4 is 37.2 Å². The highest BCUT2D eigenvalue weighted by atomic mass is 127. The summed E-state index contributed by atoms with van der Waals surface area (Å²) in [6.07, 6.45) is 7.05. The lowest BCUT2D eigenvalue weighted by Crippen LogP contribution is -2.51. The monoisotopic (exact) mass is 464 g/mol. The normalized spacial score (nSPS) is 29.9. The molecule has 1 aliphatic rings. The van der Waals surface area contributed by atoms with Crippen LogP contribution in [0.2, 0.25) is 18.1 Å². The molecule has 0 aromatic heterocycles. The Balaban J connectivity index is 3.01. The van der Waals surface area contributed by atoms with Crippen molar-refractivity contribution in [1.29, 1.82) is 0 Å². The minimum absolute atomic E-state index is 0.0636.